The van der Waals surface area contributed by atoms with Gasteiger partial charge in [-0.3, -0.25) is 0 Å². The number of rotatable bonds is 5. The van der Waals surface area contributed by atoms with Crippen LogP contribution < -0.4 is 10.0 Å². The van der Waals surface area contributed by atoms with Crippen LogP contribution in [0, 0.1) is 18.8 Å². The van der Waals surface area contributed by atoms with Crippen molar-refractivity contribution in [3.8, 4) is 11.3 Å². The van der Waals surface area contributed by atoms with E-state index in [1.807, 2.05) is 18.2 Å². The van der Waals surface area contributed by atoms with Crippen LogP contribution in [0.5, 0.6) is 0 Å². The van der Waals surface area contributed by atoms with Crippen LogP contribution in [0.25, 0.3) is 11.3 Å². The molecule has 2 aromatic rings. The lowest BCUT2D eigenvalue weighted by atomic mass is 9.78. The summed E-state index contributed by atoms with van der Waals surface area (Å²) in [4.78, 5) is 0.261. The zero-order valence-corrected chi connectivity index (χ0v) is 17.2. The lowest BCUT2D eigenvalue weighted by Crippen LogP contribution is -2.35. The van der Waals surface area contributed by atoms with Gasteiger partial charge in [0, 0.05) is 11.6 Å². The highest BCUT2D eigenvalue weighted by atomic mass is 32.2. The molecule has 1 fully saturated rings. The van der Waals surface area contributed by atoms with E-state index in [1.54, 1.807) is 19.1 Å². The average molecular weight is 389 g/mol. The van der Waals surface area contributed by atoms with Crippen molar-refractivity contribution in [1.82, 2.24) is 14.9 Å². The highest BCUT2D eigenvalue weighted by Crippen LogP contribution is 2.31. The Labute approximate surface area is 161 Å². The van der Waals surface area contributed by atoms with Crippen molar-refractivity contribution in [2.75, 3.05) is 12.4 Å². The summed E-state index contributed by atoms with van der Waals surface area (Å²) in [5.74, 6) is 2.08. The predicted octanol–water partition coefficient (Wildman–Crippen LogP) is 3.60. The molecule has 1 aliphatic rings. The largest absolute Gasteiger partial charge is 0.366 e. The fourth-order valence-electron chi connectivity index (χ4n) is 3.70. The molecule has 3 rings (SSSR count). The molecule has 0 amide bonds. The van der Waals surface area contributed by atoms with Crippen molar-refractivity contribution in [2.45, 2.75) is 51.0 Å². The smallest absolute Gasteiger partial charge is 0.240 e. The van der Waals surface area contributed by atoms with E-state index in [0.717, 1.165) is 17.8 Å². The van der Waals surface area contributed by atoms with Gasteiger partial charge in [0.25, 0.3) is 0 Å². The topological polar surface area (TPSA) is 84.0 Å². The summed E-state index contributed by atoms with van der Waals surface area (Å²) < 4.78 is 26.7. The maximum Gasteiger partial charge on any atom is 0.240 e. The van der Waals surface area contributed by atoms with Gasteiger partial charge in [-0.2, -0.15) is 0 Å². The Balaban J connectivity index is 1.81. The Hall–Kier alpha value is -1.99. The minimum atomic E-state index is -3.51. The zero-order chi connectivity index (χ0) is 19.6. The van der Waals surface area contributed by atoms with Gasteiger partial charge >= 0.3 is 0 Å². The monoisotopic (exact) mass is 388 g/mol. The summed E-state index contributed by atoms with van der Waals surface area (Å²) in [6.45, 7) is 6.37. The summed E-state index contributed by atoms with van der Waals surface area (Å²) in [6.07, 6.45) is 3.67. The van der Waals surface area contributed by atoms with Crippen LogP contribution in [-0.4, -0.2) is 31.7 Å². The van der Waals surface area contributed by atoms with Crippen LogP contribution >= 0.6 is 0 Å². The van der Waals surface area contributed by atoms with Crippen molar-refractivity contribution >= 4 is 15.8 Å². The first kappa shape index (κ1) is 19.8. The number of nitrogens with zero attached hydrogens (tertiary/aromatic N) is 2. The molecule has 0 radical (unpaired) electrons. The molecule has 1 aromatic heterocycles. The summed E-state index contributed by atoms with van der Waals surface area (Å²) >= 11 is 0. The first-order valence-corrected chi connectivity index (χ1v) is 10.9. The lowest BCUT2D eigenvalue weighted by molar-refractivity contribution is 0.253. The fourth-order valence-corrected chi connectivity index (χ4v) is 4.69. The van der Waals surface area contributed by atoms with Gasteiger partial charge in [-0.25, -0.2) is 13.1 Å². The molecule has 1 aliphatic carbocycles. The second-order valence-corrected chi connectivity index (χ2v) is 9.36. The number of hydrogen-bond acceptors (Lipinski definition) is 5. The molecule has 0 aliphatic heterocycles. The minimum absolute atomic E-state index is 0.261. The summed E-state index contributed by atoms with van der Waals surface area (Å²) in [5.41, 5.74) is 2.08. The van der Waals surface area contributed by atoms with Gasteiger partial charge in [0.1, 0.15) is 5.82 Å². The normalized spacial score (nSPS) is 23.2. The third kappa shape index (κ3) is 4.30. The summed E-state index contributed by atoms with van der Waals surface area (Å²) in [5, 5.41) is 12.1. The summed E-state index contributed by atoms with van der Waals surface area (Å²) in [6, 6.07) is 9.52. The van der Waals surface area contributed by atoms with Crippen molar-refractivity contribution in [1.29, 1.82) is 0 Å². The molecule has 1 saturated carbocycles. The second kappa shape index (κ2) is 7.94. The molecule has 1 heterocycles. The quantitative estimate of drug-likeness (QED) is 0.818. The maximum absolute atomic E-state index is 12.2. The Morgan fingerprint density at radius 2 is 1.85 bits per heavy atom. The Morgan fingerprint density at radius 3 is 2.52 bits per heavy atom. The average Bonchev–Trinajstić information content (AvgIpc) is 2.66. The Kier molecular flexibility index (Phi) is 5.81. The third-order valence-electron chi connectivity index (χ3n) is 5.75. The molecule has 6 nitrogen and oxygen atoms in total. The predicted molar refractivity (Wildman–Crippen MR) is 108 cm³/mol. The molecule has 0 saturated heterocycles. The third-order valence-corrected chi connectivity index (χ3v) is 7.30. The van der Waals surface area contributed by atoms with E-state index in [1.165, 1.54) is 19.9 Å². The fraction of sp³-hybridized carbons (Fsp3) is 0.500. The number of aryl methyl sites for hydroxylation is 1. The molecule has 7 heteroatoms. The van der Waals surface area contributed by atoms with Crippen LogP contribution in [0.4, 0.5) is 5.82 Å². The van der Waals surface area contributed by atoms with Crippen LogP contribution in [0.1, 0.15) is 38.7 Å². The molecule has 0 bridgehead atoms. The number of nitrogens with one attached hydrogen (secondary N) is 2. The van der Waals surface area contributed by atoms with E-state index in [-0.39, 0.29) is 4.90 Å². The maximum atomic E-state index is 12.2. The molecule has 146 valence electrons. The minimum Gasteiger partial charge on any atom is -0.366 e. The molecule has 0 spiro atoms. The Bertz CT molecular complexity index is 897. The highest BCUT2D eigenvalue weighted by molar-refractivity contribution is 7.89. The summed E-state index contributed by atoms with van der Waals surface area (Å²) in [7, 11) is -2.10. The van der Waals surface area contributed by atoms with E-state index >= 15 is 0 Å². The van der Waals surface area contributed by atoms with E-state index in [0.29, 0.717) is 29.1 Å². The lowest BCUT2D eigenvalue weighted by Gasteiger charge is -2.34. The van der Waals surface area contributed by atoms with E-state index in [2.05, 4.69) is 34.1 Å². The van der Waals surface area contributed by atoms with E-state index in [9.17, 15) is 8.42 Å². The molecule has 1 aromatic carbocycles. The Morgan fingerprint density at radius 1 is 1.07 bits per heavy atom. The van der Waals surface area contributed by atoms with Crippen LogP contribution in [0.15, 0.2) is 35.2 Å². The van der Waals surface area contributed by atoms with Crippen LogP contribution in [0.2, 0.25) is 0 Å². The number of aromatic nitrogens is 2. The molecule has 0 unspecified atom stereocenters. The van der Waals surface area contributed by atoms with Gasteiger partial charge in [0.05, 0.1) is 10.6 Å². The molecular formula is C20H28N4O2S. The molecule has 27 heavy (non-hydrogen) atoms. The van der Waals surface area contributed by atoms with E-state index < -0.39 is 10.0 Å². The molecular weight excluding hydrogens is 360 g/mol. The highest BCUT2D eigenvalue weighted by Gasteiger charge is 2.27. The molecule has 2 N–H and O–H groups in total. The number of anilines is 1. The molecule has 3 atom stereocenters. The van der Waals surface area contributed by atoms with Crippen molar-refractivity contribution in [3.63, 3.8) is 0 Å². The first-order chi connectivity index (χ1) is 12.8. The van der Waals surface area contributed by atoms with Crippen molar-refractivity contribution in [2.24, 2.45) is 11.8 Å². The van der Waals surface area contributed by atoms with Gasteiger partial charge in [-0.1, -0.05) is 38.8 Å². The zero-order valence-electron chi connectivity index (χ0n) is 16.4. The van der Waals surface area contributed by atoms with Gasteiger partial charge in [0.15, 0.2) is 0 Å². The standard InChI is InChI=1S/C20H28N4O2S/c1-13-6-5-7-17(15(13)3)22-20-11-10-18(23-24-20)16-9-8-14(2)19(12-16)27(25,26)21-4/h8-13,15,17,21H,5-7H2,1-4H3,(H,22,24)/t13-,15+,17+/m0/s1. The SMILES string of the molecule is CNS(=O)(=O)c1cc(-c2ccc(N[C@@H]3CCC[C@H](C)[C@H]3C)nn2)ccc1C. The van der Waals surface area contributed by atoms with Crippen LogP contribution in [-0.2, 0) is 10.0 Å². The van der Waals surface area contributed by atoms with Gasteiger partial charge in [-0.05, 0) is 56.0 Å². The van der Waals surface area contributed by atoms with Crippen molar-refractivity contribution < 1.29 is 8.42 Å². The van der Waals surface area contributed by atoms with Gasteiger partial charge in [0.2, 0.25) is 10.0 Å². The second-order valence-electron chi connectivity index (χ2n) is 7.51. The van der Waals surface area contributed by atoms with E-state index in [4.69, 9.17) is 0 Å². The van der Waals surface area contributed by atoms with Gasteiger partial charge in [-0.15, -0.1) is 10.2 Å². The number of benzene rings is 1. The number of hydrogen-bond donors (Lipinski definition) is 2. The first-order valence-electron chi connectivity index (χ1n) is 9.46. The van der Waals surface area contributed by atoms with Crippen LogP contribution in [0.3, 0.4) is 0 Å². The number of sulfonamides is 1. The van der Waals surface area contributed by atoms with Crippen molar-refractivity contribution in [3.05, 3.63) is 35.9 Å². The van der Waals surface area contributed by atoms with Gasteiger partial charge < -0.3 is 5.32 Å².